The molecule has 1 aliphatic rings. The summed E-state index contributed by atoms with van der Waals surface area (Å²) in [5, 5.41) is 4.77. The largest absolute Gasteiger partial charge is 0.494 e. The highest BCUT2D eigenvalue weighted by atomic mass is 19.1. The van der Waals surface area contributed by atoms with Gasteiger partial charge in [0.2, 0.25) is 5.69 Å². The van der Waals surface area contributed by atoms with Crippen LogP contribution < -0.4 is 4.74 Å². The maximum absolute atomic E-state index is 14.5. The van der Waals surface area contributed by atoms with Gasteiger partial charge in [-0.3, -0.25) is 4.68 Å². The number of nitrogens with zero attached hydrogens (tertiary/aromatic N) is 4. The van der Waals surface area contributed by atoms with E-state index in [1.165, 1.54) is 31.4 Å². The van der Waals surface area contributed by atoms with Gasteiger partial charge < -0.3 is 14.4 Å². The summed E-state index contributed by atoms with van der Waals surface area (Å²) >= 11 is 0. The first kappa shape index (κ1) is 25.2. The molecule has 9 heteroatoms. The minimum Gasteiger partial charge on any atom is -0.494 e. The molecule has 188 valence electrons. The van der Waals surface area contributed by atoms with Crippen molar-refractivity contribution in [3.63, 3.8) is 0 Å². The van der Waals surface area contributed by atoms with Crippen LogP contribution in [0.3, 0.4) is 0 Å². The Balaban J connectivity index is 1.66. The van der Waals surface area contributed by atoms with Crippen LogP contribution in [0.5, 0.6) is 5.75 Å². The fraction of sp³-hybridized carbons (Fsp3) is 0.370. The number of halogens is 2. The Labute approximate surface area is 209 Å². The second-order valence-corrected chi connectivity index (χ2v) is 9.70. The normalized spacial score (nSPS) is 14.4. The maximum Gasteiger partial charge on any atom is 0.410 e. The van der Waals surface area contributed by atoms with Gasteiger partial charge in [0.25, 0.3) is 0 Å². The number of ether oxygens (including phenoxy) is 2. The first-order valence-electron chi connectivity index (χ1n) is 11.7. The summed E-state index contributed by atoms with van der Waals surface area (Å²) in [5.74, 6) is -1.05. The molecule has 0 unspecified atom stereocenters. The number of piperidine rings is 1. The predicted octanol–water partition coefficient (Wildman–Crippen LogP) is 6.63. The summed E-state index contributed by atoms with van der Waals surface area (Å²) in [5.41, 5.74) is 1.51. The highest BCUT2D eigenvalue weighted by Crippen LogP contribution is 2.36. The average Bonchev–Trinajstić information content (AvgIpc) is 3.28. The van der Waals surface area contributed by atoms with E-state index in [0.717, 1.165) is 0 Å². The van der Waals surface area contributed by atoms with Gasteiger partial charge in [0.1, 0.15) is 17.1 Å². The Morgan fingerprint density at radius 1 is 1.08 bits per heavy atom. The number of aromatic nitrogens is 2. The Bertz CT molecular complexity index is 1320. The third-order valence-corrected chi connectivity index (χ3v) is 6.03. The van der Waals surface area contributed by atoms with Crippen molar-refractivity contribution < 1.29 is 23.0 Å². The molecule has 1 amide bonds. The number of hydrogen-bond donors (Lipinski definition) is 0. The molecular formula is C27H28F2N4O3. The second-order valence-electron chi connectivity index (χ2n) is 9.70. The Kier molecular flexibility index (Phi) is 6.97. The zero-order valence-corrected chi connectivity index (χ0v) is 20.7. The standard InChI is InChI=1S/C27H28F2N4O3/c1-27(2,3)36-26(34)32-12-10-19(11-13-32)33-16-20(17-6-8-23(30-4)21(28)14-17)25(31-33)18-7-9-24(35-5)22(29)15-18/h6-9,14-16,19H,10-13H2,1-3,5H3. The topological polar surface area (TPSA) is 61.0 Å². The van der Waals surface area contributed by atoms with Crippen molar-refractivity contribution in [2.24, 2.45) is 0 Å². The molecule has 0 N–H and O–H groups in total. The van der Waals surface area contributed by atoms with Gasteiger partial charge in [-0.25, -0.2) is 18.4 Å². The van der Waals surface area contributed by atoms with Gasteiger partial charge >= 0.3 is 6.09 Å². The van der Waals surface area contributed by atoms with Crippen LogP contribution in [0.15, 0.2) is 42.6 Å². The van der Waals surface area contributed by atoms with E-state index in [2.05, 4.69) is 4.85 Å². The zero-order valence-electron chi connectivity index (χ0n) is 20.7. The van der Waals surface area contributed by atoms with Gasteiger partial charge in [-0.2, -0.15) is 5.10 Å². The Morgan fingerprint density at radius 3 is 2.33 bits per heavy atom. The van der Waals surface area contributed by atoms with Gasteiger partial charge in [-0.15, -0.1) is 0 Å². The Hall–Kier alpha value is -3.93. The summed E-state index contributed by atoms with van der Waals surface area (Å²) in [7, 11) is 1.39. The number of carbonyl (C=O) groups is 1. The van der Waals surface area contributed by atoms with Gasteiger partial charge in [-0.1, -0.05) is 12.1 Å². The SMILES string of the molecule is [C-]#[N+]c1ccc(-c2cn(C3CCN(C(=O)OC(C)(C)C)CC3)nc2-c2ccc(OC)c(F)c2)cc1F. The monoisotopic (exact) mass is 494 g/mol. The van der Waals surface area contributed by atoms with Crippen molar-refractivity contribution in [2.75, 3.05) is 20.2 Å². The number of hydrogen-bond acceptors (Lipinski definition) is 4. The van der Waals surface area contributed by atoms with Crippen LogP contribution >= 0.6 is 0 Å². The van der Waals surface area contributed by atoms with Crippen LogP contribution in [-0.4, -0.2) is 46.6 Å². The molecule has 1 aliphatic heterocycles. The lowest BCUT2D eigenvalue weighted by atomic mass is 10.0. The third kappa shape index (κ3) is 5.33. The van der Waals surface area contributed by atoms with E-state index in [4.69, 9.17) is 21.1 Å². The Morgan fingerprint density at radius 2 is 1.75 bits per heavy atom. The molecule has 1 aromatic heterocycles. The van der Waals surface area contributed by atoms with Crippen LogP contribution in [0.25, 0.3) is 27.2 Å². The van der Waals surface area contributed by atoms with E-state index in [1.54, 1.807) is 21.7 Å². The minimum atomic E-state index is -0.632. The lowest BCUT2D eigenvalue weighted by Gasteiger charge is -2.33. The minimum absolute atomic E-state index is 0.00774. The van der Waals surface area contributed by atoms with Crippen molar-refractivity contribution in [1.29, 1.82) is 0 Å². The summed E-state index contributed by atoms with van der Waals surface area (Å²) < 4.78 is 41.3. The van der Waals surface area contributed by atoms with E-state index in [-0.39, 0.29) is 23.6 Å². The first-order valence-corrected chi connectivity index (χ1v) is 11.7. The molecule has 3 aromatic rings. The van der Waals surface area contributed by atoms with Gasteiger partial charge in [0.05, 0.1) is 19.7 Å². The maximum atomic E-state index is 14.5. The summed E-state index contributed by atoms with van der Waals surface area (Å²) in [4.78, 5) is 17.3. The molecular weight excluding hydrogens is 466 g/mol. The fourth-order valence-electron chi connectivity index (χ4n) is 4.22. The number of methoxy groups -OCH3 is 1. The molecule has 1 saturated heterocycles. The van der Waals surface area contributed by atoms with Crippen molar-refractivity contribution in [3.8, 4) is 28.1 Å². The molecule has 2 heterocycles. The van der Waals surface area contributed by atoms with Crippen LogP contribution in [0.1, 0.15) is 39.7 Å². The van der Waals surface area contributed by atoms with Crippen molar-refractivity contribution in [3.05, 3.63) is 65.6 Å². The molecule has 7 nitrogen and oxygen atoms in total. The van der Waals surface area contributed by atoms with E-state index >= 15 is 0 Å². The third-order valence-electron chi connectivity index (χ3n) is 6.03. The molecule has 0 radical (unpaired) electrons. The number of likely N-dealkylation sites (tertiary alicyclic amines) is 1. The summed E-state index contributed by atoms with van der Waals surface area (Å²) in [6, 6.07) is 8.93. The van der Waals surface area contributed by atoms with E-state index in [1.807, 2.05) is 27.0 Å². The molecule has 0 saturated carbocycles. The quantitative estimate of drug-likeness (QED) is 0.382. The van der Waals surface area contributed by atoms with E-state index in [9.17, 15) is 13.6 Å². The van der Waals surface area contributed by atoms with Crippen molar-refractivity contribution in [2.45, 2.75) is 45.3 Å². The molecule has 1 fully saturated rings. The van der Waals surface area contributed by atoms with Crippen LogP contribution in [0.2, 0.25) is 0 Å². The van der Waals surface area contributed by atoms with E-state index < -0.39 is 17.2 Å². The average molecular weight is 495 g/mol. The smallest absolute Gasteiger partial charge is 0.410 e. The molecule has 0 aliphatic carbocycles. The molecule has 2 aromatic carbocycles. The zero-order chi connectivity index (χ0) is 26.0. The van der Waals surface area contributed by atoms with Crippen molar-refractivity contribution >= 4 is 11.8 Å². The van der Waals surface area contributed by atoms with Gasteiger partial charge in [0.15, 0.2) is 11.6 Å². The molecule has 0 bridgehead atoms. The van der Waals surface area contributed by atoms with Crippen LogP contribution in [0.4, 0.5) is 19.3 Å². The van der Waals surface area contributed by atoms with Gasteiger partial charge in [-0.05, 0) is 63.4 Å². The first-order chi connectivity index (χ1) is 17.1. The second kappa shape index (κ2) is 9.97. The lowest BCUT2D eigenvalue weighted by molar-refractivity contribution is 0.0185. The van der Waals surface area contributed by atoms with Crippen LogP contribution in [0, 0.1) is 18.2 Å². The molecule has 0 atom stereocenters. The van der Waals surface area contributed by atoms with Gasteiger partial charge in [0, 0.05) is 30.4 Å². The molecule has 4 rings (SSSR count). The number of amides is 1. The highest BCUT2D eigenvalue weighted by molar-refractivity contribution is 5.81. The molecule has 36 heavy (non-hydrogen) atoms. The van der Waals surface area contributed by atoms with Crippen LogP contribution in [-0.2, 0) is 4.74 Å². The predicted molar refractivity (Wildman–Crippen MR) is 132 cm³/mol. The summed E-state index contributed by atoms with van der Waals surface area (Å²) in [6.07, 6.45) is 2.79. The lowest BCUT2D eigenvalue weighted by Crippen LogP contribution is -2.42. The van der Waals surface area contributed by atoms with E-state index in [0.29, 0.717) is 48.3 Å². The number of carbonyl (C=O) groups excluding carboxylic acids is 1. The number of rotatable bonds is 4. The molecule has 0 spiro atoms. The van der Waals surface area contributed by atoms with Crippen molar-refractivity contribution in [1.82, 2.24) is 14.7 Å². The number of benzene rings is 2. The summed E-state index contributed by atoms with van der Waals surface area (Å²) in [6.45, 7) is 13.6. The highest BCUT2D eigenvalue weighted by Gasteiger charge is 2.29. The fourth-order valence-corrected chi connectivity index (χ4v) is 4.22.